The molecule has 0 saturated carbocycles. The summed E-state index contributed by atoms with van der Waals surface area (Å²) < 4.78 is 56.1. The van der Waals surface area contributed by atoms with Crippen LogP contribution in [0.25, 0.3) is 16.9 Å². The minimum absolute atomic E-state index is 0.0264. The molecule has 0 spiro atoms. The fourth-order valence-electron chi connectivity index (χ4n) is 3.36. The van der Waals surface area contributed by atoms with E-state index in [1.54, 1.807) is 9.13 Å². The number of rotatable bonds is 4. The first-order valence-electron chi connectivity index (χ1n) is 9.16. The first-order valence-corrected chi connectivity index (χ1v) is 9.16. The van der Waals surface area contributed by atoms with Crippen molar-refractivity contribution in [2.45, 2.75) is 26.1 Å². The molecule has 0 unspecified atom stereocenters. The third-order valence-corrected chi connectivity index (χ3v) is 4.76. The minimum atomic E-state index is -4.48. The summed E-state index contributed by atoms with van der Waals surface area (Å²) in [4.78, 5) is 20.8. The fraction of sp³-hybridized carbons (Fsp3) is 0.190. The maximum atomic E-state index is 13.5. The normalized spacial score (nSPS) is 11.9. The van der Waals surface area contributed by atoms with Crippen molar-refractivity contribution in [3.63, 3.8) is 0 Å². The quantitative estimate of drug-likeness (QED) is 0.465. The Morgan fingerprint density at radius 2 is 1.80 bits per heavy atom. The Morgan fingerprint density at radius 1 is 1.07 bits per heavy atom. The minimum Gasteiger partial charge on any atom is -0.316 e. The van der Waals surface area contributed by atoms with Gasteiger partial charge in [-0.1, -0.05) is 18.2 Å². The number of nitrogens with zero attached hydrogens (tertiary/aromatic N) is 4. The SMILES string of the molecule is CCn1cnc2c(=O)nc(Cc3cccc(C(F)(F)F)c3)n(-c3ccc(F)cc3)c21. The average molecular weight is 416 g/mol. The number of benzene rings is 2. The van der Waals surface area contributed by atoms with Crippen LogP contribution >= 0.6 is 0 Å². The van der Waals surface area contributed by atoms with Gasteiger partial charge in [0.25, 0.3) is 0 Å². The van der Waals surface area contributed by atoms with E-state index in [1.807, 2.05) is 6.92 Å². The molecule has 4 rings (SSSR count). The predicted molar refractivity (Wildman–Crippen MR) is 103 cm³/mol. The smallest absolute Gasteiger partial charge is 0.316 e. The molecule has 2 heterocycles. The third kappa shape index (κ3) is 3.58. The molecule has 0 N–H and O–H groups in total. The zero-order valence-electron chi connectivity index (χ0n) is 15.8. The maximum absolute atomic E-state index is 13.5. The summed E-state index contributed by atoms with van der Waals surface area (Å²) in [5.74, 6) is -0.207. The van der Waals surface area contributed by atoms with Crippen molar-refractivity contribution in [3.05, 3.63) is 88.0 Å². The molecule has 154 valence electrons. The third-order valence-electron chi connectivity index (χ3n) is 4.76. The topological polar surface area (TPSA) is 52.7 Å². The molecule has 0 aliphatic heterocycles. The van der Waals surface area contributed by atoms with Gasteiger partial charge in [-0.3, -0.25) is 9.36 Å². The van der Waals surface area contributed by atoms with Gasteiger partial charge < -0.3 is 4.57 Å². The van der Waals surface area contributed by atoms with Crippen molar-refractivity contribution in [3.8, 4) is 5.69 Å². The van der Waals surface area contributed by atoms with E-state index in [1.165, 1.54) is 42.7 Å². The van der Waals surface area contributed by atoms with Gasteiger partial charge in [-0.25, -0.2) is 9.37 Å². The maximum Gasteiger partial charge on any atom is 0.416 e. The Balaban J connectivity index is 1.95. The number of halogens is 4. The van der Waals surface area contributed by atoms with Gasteiger partial charge in [0, 0.05) is 18.7 Å². The Kier molecular flexibility index (Phi) is 4.89. The van der Waals surface area contributed by atoms with Crippen LogP contribution in [-0.4, -0.2) is 19.1 Å². The number of aromatic nitrogens is 4. The summed E-state index contributed by atoms with van der Waals surface area (Å²) >= 11 is 0. The Morgan fingerprint density at radius 3 is 2.47 bits per heavy atom. The molecule has 0 bridgehead atoms. The van der Waals surface area contributed by atoms with Gasteiger partial charge in [-0.15, -0.1) is 0 Å². The van der Waals surface area contributed by atoms with Crippen molar-refractivity contribution in [1.82, 2.24) is 19.1 Å². The van der Waals surface area contributed by atoms with Crippen LogP contribution in [0.4, 0.5) is 17.6 Å². The van der Waals surface area contributed by atoms with Crippen LogP contribution in [0.2, 0.25) is 0 Å². The molecule has 0 saturated heterocycles. The lowest BCUT2D eigenvalue weighted by Gasteiger charge is -2.16. The van der Waals surface area contributed by atoms with Crippen molar-refractivity contribution >= 4 is 11.2 Å². The molecule has 5 nitrogen and oxygen atoms in total. The number of imidazole rings is 1. The molecule has 9 heteroatoms. The number of alkyl halides is 3. The monoisotopic (exact) mass is 416 g/mol. The second-order valence-electron chi connectivity index (χ2n) is 6.72. The van der Waals surface area contributed by atoms with E-state index in [2.05, 4.69) is 9.97 Å². The molecule has 30 heavy (non-hydrogen) atoms. The zero-order valence-corrected chi connectivity index (χ0v) is 15.8. The Hall–Kier alpha value is -3.49. The van der Waals surface area contributed by atoms with Crippen LogP contribution in [0.3, 0.4) is 0 Å². The lowest BCUT2D eigenvalue weighted by atomic mass is 10.1. The zero-order chi connectivity index (χ0) is 21.5. The van der Waals surface area contributed by atoms with Crippen LogP contribution in [0.1, 0.15) is 23.9 Å². The molecular formula is C21H16F4N4O. The highest BCUT2D eigenvalue weighted by Crippen LogP contribution is 2.30. The molecule has 0 atom stereocenters. The van der Waals surface area contributed by atoms with Gasteiger partial charge in [0.2, 0.25) is 0 Å². The van der Waals surface area contributed by atoms with Crippen LogP contribution in [0, 0.1) is 5.82 Å². The van der Waals surface area contributed by atoms with E-state index < -0.39 is 23.1 Å². The lowest BCUT2D eigenvalue weighted by molar-refractivity contribution is -0.137. The largest absolute Gasteiger partial charge is 0.416 e. The average Bonchev–Trinajstić information content (AvgIpc) is 3.13. The van der Waals surface area contributed by atoms with E-state index in [-0.39, 0.29) is 17.8 Å². The second-order valence-corrected chi connectivity index (χ2v) is 6.72. The highest BCUT2D eigenvalue weighted by Gasteiger charge is 2.30. The Labute approximate surface area is 168 Å². The van der Waals surface area contributed by atoms with Gasteiger partial charge in [0.15, 0.2) is 11.2 Å². The number of hydrogen-bond donors (Lipinski definition) is 0. The molecule has 0 amide bonds. The highest BCUT2D eigenvalue weighted by atomic mass is 19.4. The molecule has 2 aromatic heterocycles. The van der Waals surface area contributed by atoms with E-state index in [0.717, 1.165) is 12.1 Å². The first-order chi connectivity index (χ1) is 14.3. The van der Waals surface area contributed by atoms with Crippen molar-refractivity contribution in [2.24, 2.45) is 0 Å². The summed E-state index contributed by atoms with van der Waals surface area (Å²) in [6.45, 7) is 2.37. The van der Waals surface area contributed by atoms with Gasteiger partial charge in [-0.05, 0) is 42.8 Å². The summed E-state index contributed by atoms with van der Waals surface area (Å²) in [6.07, 6.45) is -3.01. The van der Waals surface area contributed by atoms with Crippen LogP contribution < -0.4 is 5.56 Å². The molecule has 0 fully saturated rings. The predicted octanol–water partition coefficient (Wildman–Crippen LogP) is 4.35. The molecule has 0 aliphatic carbocycles. The number of hydrogen-bond acceptors (Lipinski definition) is 3. The van der Waals surface area contributed by atoms with E-state index >= 15 is 0 Å². The van der Waals surface area contributed by atoms with Crippen LogP contribution in [-0.2, 0) is 19.1 Å². The molecule has 0 radical (unpaired) electrons. The summed E-state index contributed by atoms with van der Waals surface area (Å²) in [7, 11) is 0. The lowest BCUT2D eigenvalue weighted by Crippen LogP contribution is -2.20. The van der Waals surface area contributed by atoms with E-state index in [4.69, 9.17) is 0 Å². The highest BCUT2D eigenvalue weighted by molar-refractivity contribution is 5.73. The van der Waals surface area contributed by atoms with Gasteiger partial charge >= 0.3 is 11.7 Å². The van der Waals surface area contributed by atoms with Gasteiger partial charge in [0.05, 0.1) is 11.9 Å². The Bertz CT molecular complexity index is 1270. The molecule has 4 aromatic rings. The van der Waals surface area contributed by atoms with Gasteiger partial charge in [-0.2, -0.15) is 18.2 Å². The van der Waals surface area contributed by atoms with Crippen molar-refractivity contribution < 1.29 is 17.6 Å². The molecular weight excluding hydrogens is 400 g/mol. The fourth-order valence-corrected chi connectivity index (χ4v) is 3.36. The summed E-state index contributed by atoms with van der Waals surface area (Å²) in [5, 5.41) is 0. The van der Waals surface area contributed by atoms with E-state index in [9.17, 15) is 22.4 Å². The number of aryl methyl sites for hydroxylation is 1. The summed E-state index contributed by atoms with van der Waals surface area (Å²) in [6, 6.07) is 10.4. The molecule has 2 aromatic carbocycles. The van der Waals surface area contributed by atoms with Crippen molar-refractivity contribution in [2.75, 3.05) is 0 Å². The van der Waals surface area contributed by atoms with Crippen LogP contribution in [0.15, 0.2) is 59.7 Å². The van der Waals surface area contributed by atoms with Gasteiger partial charge in [0.1, 0.15) is 11.6 Å². The first kappa shape index (κ1) is 19.8. The van der Waals surface area contributed by atoms with Crippen molar-refractivity contribution in [1.29, 1.82) is 0 Å². The standard InChI is InChI=1S/C21H16F4N4O/c1-2-28-12-26-18-19(30)27-17(11-13-4-3-5-14(10-13)21(23,24)25)29(20(18)28)16-8-6-15(22)7-9-16/h3-10,12H,2,11H2,1H3. The van der Waals surface area contributed by atoms with E-state index in [0.29, 0.717) is 23.4 Å². The molecule has 0 aliphatic rings. The number of fused-ring (bicyclic) bond motifs is 1. The second kappa shape index (κ2) is 7.40. The van der Waals surface area contributed by atoms with Crippen LogP contribution in [0.5, 0.6) is 0 Å². The summed E-state index contributed by atoms with van der Waals surface area (Å²) in [5.41, 5.74) is 0.0912.